The molecule has 1 heterocycles. The number of para-hydroxylation sites is 2. The second kappa shape index (κ2) is 8.22. The number of anilines is 3. The van der Waals surface area contributed by atoms with Gasteiger partial charge in [0.1, 0.15) is 11.2 Å². The van der Waals surface area contributed by atoms with Gasteiger partial charge in [-0.2, -0.15) is 0 Å². The van der Waals surface area contributed by atoms with E-state index >= 15 is 0 Å². The lowest BCUT2D eigenvalue weighted by molar-refractivity contribution is 0.669. The molecule has 0 bridgehead atoms. The molecule has 8 rings (SSSR count). The van der Waals surface area contributed by atoms with E-state index in [0.29, 0.717) is 0 Å². The Morgan fingerprint density at radius 2 is 1.05 bits per heavy atom. The monoisotopic (exact) mass is 485 g/mol. The number of hydrogen-bond acceptors (Lipinski definition) is 2. The van der Waals surface area contributed by atoms with Crippen LogP contribution in [0.15, 0.2) is 144 Å². The standard InChI is InChI=1S/C36H23NO/c1-2-11-27(12-3-1)37(28-21-22-34-31(23-28)30-14-6-7-16-33(30)38-34)32-15-8-10-25-19-20-26-18-17-24-9-4-5-13-29(24)35(26)36(25)32/h1-23H. The van der Waals surface area contributed by atoms with Crippen LogP contribution in [-0.4, -0.2) is 0 Å². The van der Waals surface area contributed by atoms with Gasteiger partial charge in [0.15, 0.2) is 0 Å². The number of hydrogen-bond donors (Lipinski definition) is 0. The topological polar surface area (TPSA) is 16.4 Å². The Kier molecular flexibility index (Phi) is 4.55. The molecule has 0 spiro atoms. The Bertz CT molecular complexity index is 2130. The first-order valence-electron chi connectivity index (χ1n) is 12.9. The van der Waals surface area contributed by atoms with Gasteiger partial charge in [0, 0.05) is 27.5 Å². The molecule has 0 N–H and O–H groups in total. The fourth-order valence-electron chi connectivity index (χ4n) is 5.90. The molecule has 1 aromatic heterocycles. The summed E-state index contributed by atoms with van der Waals surface area (Å²) < 4.78 is 6.16. The average molecular weight is 486 g/mol. The SMILES string of the molecule is c1ccc(N(c2ccc3oc4ccccc4c3c2)c2cccc3ccc4ccc5ccccc5c4c23)cc1. The lowest BCUT2D eigenvalue weighted by Crippen LogP contribution is -2.10. The van der Waals surface area contributed by atoms with Crippen LogP contribution in [0.5, 0.6) is 0 Å². The van der Waals surface area contributed by atoms with Crippen molar-refractivity contribution < 1.29 is 4.42 Å². The fourth-order valence-corrected chi connectivity index (χ4v) is 5.90. The molecule has 2 heteroatoms. The van der Waals surface area contributed by atoms with Crippen LogP contribution in [0.1, 0.15) is 0 Å². The van der Waals surface area contributed by atoms with E-state index in [-0.39, 0.29) is 0 Å². The average Bonchev–Trinajstić information content (AvgIpc) is 3.36. The smallest absolute Gasteiger partial charge is 0.135 e. The van der Waals surface area contributed by atoms with Crippen molar-refractivity contribution in [2.45, 2.75) is 0 Å². The number of furan rings is 1. The van der Waals surface area contributed by atoms with Gasteiger partial charge in [-0.15, -0.1) is 0 Å². The molecular formula is C36H23NO. The van der Waals surface area contributed by atoms with Crippen molar-refractivity contribution in [1.82, 2.24) is 0 Å². The van der Waals surface area contributed by atoms with Crippen molar-refractivity contribution in [3.8, 4) is 0 Å². The Balaban J connectivity index is 1.49. The molecule has 0 unspecified atom stereocenters. The van der Waals surface area contributed by atoms with Crippen molar-refractivity contribution >= 4 is 71.3 Å². The zero-order valence-corrected chi connectivity index (χ0v) is 20.6. The normalized spacial score (nSPS) is 11.7. The summed E-state index contributed by atoms with van der Waals surface area (Å²) in [5.41, 5.74) is 5.18. The molecular weight excluding hydrogens is 462 g/mol. The van der Waals surface area contributed by atoms with Crippen molar-refractivity contribution in [2.75, 3.05) is 4.90 Å². The Hall–Kier alpha value is -5.08. The number of rotatable bonds is 3. The van der Waals surface area contributed by atoms with Gasteiger partial charge in [-0.3, -0.25) is 0 Å². The van der Waals surface area contributed by atoms with Gasteiger partial charge in [-0.1, -0.05) is 97.1 Å². The first kappa shape index (κ1) is 21.0. The Morgan fingerprint density at radius 3 is 1.92 bits per heavy atom. The highest BCUT2D eigenvalue weighted by Gasteiger charge is 2.19. The summed E-state index contributed by atoms with van der Waals surface area (Å²) in [5.74, 6) is 0. The summed E-state index contributed by atoms with van der Waals surface area (Å²) in [6, 6.07) is 49.7. The highest BCUT2D eigenvalue weighted by Crippen LogP contribution is 2.44. The molecule has 0 fully saturated rings. The third-order valence-electron chi connectivity index (χ3n) is 7.60. The predicted molar refractivity (Wildman–Crippen MR) is 161 cm³/mol. The maximum atomic E-state index is 6.16. The zero-order chi connectivity index (χ0) is 25.1. The van der Waals surface area contributed by atoms with Gasteiger partial charge in [-0.25, -0.2) is 0 Å². The molecule has 0 aliphatic carbocycles. The summed E-state index contributed by atoms with van der Waals surface area (Å²) >= 11 is 0. The summed E-state index contributed by atoms with van der Waals surface area (Å²) in [7, 11) is 0. The quantitative estimate of drug-likeness (QED) is 0.231. The highest BCUT2D eigenvalue weighted by atomic mass is 16.3. The van der Waals surface area contributed by atoms with Crippen molar-refractivity contribution in [3.63, 3.8) is 0 Å². The van der Waals surface area contributed by atoms with E-state index in [0.717, 1.165) is 39.0 Å². The first-order valence-corrected chi connectivity index (χ1v) is 12.9. The number of nitrogens with zero attached hydrogens (tertiary/aromatic N) is 1. The van der Waals surface area contributed by atoms with Crippen LogP contribution in [0.25, 0.3) is 54.3 Å². The van der Waals surface area contributed by atoms with E-state index in [2.05, 4.69) is 132 Å². The van der Waals surface area contributed by atoms with Crippen molar-refractivity contribution in [2.24, 2.45) is 0 Å². The van der Waals surface area contributed by atoms with E-state index in [4.69, 9.17) is 4.42 Å². The van der Waals surface area contributed by atoms with Crippen molar-refractivity contribution in [1.29, 1.82) is 0 Å². The molecule has 0 atom stereocenters. The molecule has 0 aliphatic rings. The third-order valence-corrected chi connectivity index (χ3v) is 7.60. The minimum atomic E-state index is 0.900. The molecule has 8 aromatic rings. The van der Waals surface area contributed by atoms with Gasteiger partial charge in [-0.05, 0) is 69.4 Å². The maximum absolute atomic E-state index is 6.16. The summed E-state index contributed by atoms with van der Waals surface area (Å²) in [6.07, 6.45) is 0. The number of fused-ring (bicyclic) bond motifs is 8. The van der Waals surface area contributed by atoms with Gasteiger partial charge in [0.25, 0.3) is 0 Å². The first-order chi connectivity index (χ1) is 18.8. The van der Waals surface area contributed by atoms with Crippen LogP contribution < -0.4 is 4.90 Å². The molecule has 0 saturated carbocycles. The Morgan fingerprint density at radius 1 is 0.395 bits per heavy atom. The van der Waals surface area contributed by atoms with E-state index in [1.54, 1.807) is 0 Å². The van der Waals surface area contributed by atoms with E-state index in [1.807, 2.05) is 12.1 Å². The fraction of sp³-hybridized carbons (Fsp3) is 0. The van der Waals surface area contributed by atoms with Crippen LogP contribution in [0.4, 0.5) is 17.1 Å². The van der Waals surface area contributed by atoms with Crippen LogP contribution >= 0.6 is 0 Å². The van der Waals surface area contributed by atoms with Gasteiger partial charge in [0.05, 0.1) is 5.69 Å². The lowest BCUT2D eigenvalue weighted by Gasteiger charge is -2.27. The molecule has 0 radical (unpaired) electrons. The molecule has 0 amide bonds. The zero-order valence-electron chi connectivity index (χ0n) is 20.6. The van der Waals surface area contributed by atoms with E-state index < -0.39 is 0 Å². The lowest BCUT2D eigenvalue weighted by atomic mass is 9.95. The summed E-state index contributed by atoms with van der Waals surface area (Å²) in [4.78, 5) is 2.38. The molecule has 0 aliphatic heterocycles. The van der Waals surface area contributed by atoms with Gasteiger partial charge >= 0.3 is 0 Å². The minimum absolute atomic E-state index is 0.900. The number of benzene rings is 7. The van der Waals surface area contributed by atoms with Crippen LogP contribution in [0.3, 0.4) is 0 Å². The molecule has 2 nitrogen and oxygen atoms in total. The van der Waals surface area contributed by atoms with Crippen molar-refractivity contribution in [3.05, 3.63) is 140 Å². The van der Waals surface area contributed by atoms with E-state index in [9.17, 15) is 0 Å². The predicted octanol–water partition coefficient (Wildman–Crippen LogP) is 10.5. The molecule has 0 saturated heterocycles. The largest absolute Gasteiger partial charge is 0.456 e. The molecule has 38 heavy (non-hydrogen) atoms. The van der Waals surface area contributed by atoms with E-state index in [1.165, 1.54) is 32.3 Å². The summed E-state index contributed by atoms with van der Waals surface area (Å²) in [6.45, 7) is 0. The van der Waals surface area contributed by atoms with Crippen LogP contribution in [0.2, 0.25) is 0 Å². The second-order valence-corrected chi connectivity index (χ2v) is 9.78. The van der Waals surface area contributed by atoms with Gasteiger partial charge in [0.2, 0.25) is 0 Å². The van der Waals surface area contributed by atoms with Crippen LogP contribution in [-0.2, 0) is 0 Å². The van der Waals surface area contributed by atoms with Crippen LogP contribution in [0, 0.1) is 0 Å². The minimum Gasteiger partial charge on any atom is -0.456 e. The molecule has 178 valence electrons. The molecule has 7 aromatic carbocycles. The van der Waals surface area contributed by atoms with Gasteiger partial charge < -0.3 is 9.32 Å². The Labute approximate surface area is 220 Å². The maximum Gasteiger partial charge on any atom is 0.135 e. The highest BCUT2D eigenvalue weighted by molar-refractivity contribution is 6.24. The third kappa shape index (κ3) is 3.14. The second-order valence-electron chi connectivity index (χ2n) is 9.78. The summed E-state index contributed by atoms with van der Waals surface area (Å²) in [5, 5.41) is 9.78.